The minimum atomic E-state index is 0.645. The molecule has 3 aromatic rings. The van der Waals surface area contributed by atoms with Crippen molar-refractivity contribution in [2.45, 2.75) is 45.6 Å². The van der Waals surface area contributed by atoms with Gasteiger partial charge in [0, 0.05) is 28.1 Å². The first-order valence-corrected chi connectivity index (χ1v) is 11.0. The molecule has 0 saturated heterocycles. The van der Waals surface area contributed by atoms with Crippen LogP contribution in [0.4, 0.5) is 0 Å². The average molecular weight is 399 g/mol. The third-order valence-corrected chi connectivity index (χ3v) is 5.56. The van der Waals surface area contributed by atoms with Crippen molar-refractivity contribution in [3.63, 3.8) is 0 Å². The first kappa shape index (κ1) is 21.8. The number of nitriles is 2. The highest BCUT2D eigenvalue weighted by atomic mass is 14.9. The molecule has 0 radical (unpaired) electrons. The van der Waals surface area contributed by atoms with Gasteiger partial charge in [-0.2, -0.15) is 10.5 Å². The first-order chi connectivity index (χ1) is 14.8. The Balaban J connectivity index is 1.63. The van der Waals surface area contributed by atoms with E-state index in [-0.39, 0.29) is 0 Å². The van der Waals surface area contributed by atoms with Gasteiger partial charge in [-0.1, -0.05) is 56.2 Å². The summed E-state index contributed by atoms with van der Waals surface area (Å²) in [6, 6.07) is 18.5. The normalized spacial score (nSPS) is 10.9. The van der Waals surface area contributed by atoms with E-state index in [9.17, 15) is 10.5 Å². The second-order valence-electron chi connectivity index (χ2n) is 7.74. The topological polar surface area (TPSA) is 71.6 Å². The van der Waals surface area contributed by atoms with Crippen LogP contribution in [0.2, 0.25) is 0 Å². The summed E-state index contributed by atoms with van der Waals surface area (Å²) in [6.07, 6.45) is 6.11. The Kier molecular flexibility index (Phi) is 8.21. The van der Waals surface area contributed by atoms with Crippen LogP contribution in [0.1, 0.15) is 55.7 Å². The fourth-order valence-electron chi connectivity index (χ4n) is 3.91. The molecule has 0 fully saturated rings. The molecule has 0 spiro atoms. The highest BCUT2D eigenvalue weighted by Crippen LogP contribution is 2.32. The lowest BCUT2D eigenvalue weighted by Crippen LogP contribution is -2.18. The maximum Gasteiger partial charge on any atom is 0.100 e. The summed E-state index contributed by atoms with van der Waals surface area (Å²) in [5.74, 6) is 0. The van der Waals surface area contributed by atoms with Crippen molar-refractivity contribution in [3.8, 4) is 12.1 Å². The number of benzene rings is 3. The van der Waals surface area contributed by atoms with Gasteiger partial charge in [-0.15, -0.1) is 0 Å². The molecule has 0 heterocycles. The lowest BCUT2D eigenvalue weighted by atomic mass is 9.91. The van der Waals surface area contributed by atoms with Crippen LogP contribution in [0.25, 0.3) is 21.5 Å². The van der Waals surface area contributed by atoms with Crippen LogP contribution in [-0.2, 0) is 6.54 Å². The first-order valence-electron chi connectivity index (χ1n) is 11.0. The fourth-order valence-corrected chi connectivity index (χ4v) is 3.91. The third kappa shape index (κ3) is 5.16. The van der Waals surface area contributed by atoms with E-state index in [0.29, 0.717) is 11.1 Å². The average Bonchev–Trinajstić information content (AvgIpc) is 2.78. The van der Waals surface area contributed by atoms with Crippen molar-refractivity contribution in [1.29, 1.82) is 10.5 Å². The number of fused-ring (bicyclic) bond motifs is 2. The van der Waals surface area contributed by atoms with Gasteiger partial charge in [0.2, 0.25) is 0 Å². The summed E-state index contributed by atoms with van der Waals surface area (Å²) in [5, 5.41) is 29.9. The summed E-state index contributed by atoms with van der Waals surface area (Å²) < 4.78 is 0. The number of unbranched alkanes of at least 4 members (excludes halogenated alkanes) is 3. The molecule has 3 aromatic carbocycles. The molecule has 0 aliphatic rings. The quantitative estimate of drug-likeness (QED) is 0.336. The summed E-state index contributed by atoms with van der Waals surface area (Å²) in [6.45, 7) is 6.21. The Morgan fingerprint density at radius 3 is 1.97 bits per heavy atom. The molecule has 0 atom stereocenters. The van der Waals surface area contributed by atoms with E-state index in [2.05, 4.69) is 41.8 Å². The van der Waals surface area contributed by atoms with E-state index in [1.807, 2.05) is 30.3 Å². The van der Waals surface area contributed by atoms with Gasteiger partial charge < -0.3 is 10.6 Å². The number of nitrogens with zero attached hydrogens (tertiary/aromatic N) is 2. The molecule has 2 N–H and O–H groups in total. The Morgan fingerprint density at radius 1 is 0.700 bits per heavy atom. The van der Waals surface area contributed by atoms with Crippen LogP contribution in [0, 0.1) is 22.7 Å². The van der Waals surface area contributed by atoms with Crippen molar-refractivity contribution in [1.82, 2.24) is 10.6 Å². The van der Waals surface area contributed by atoms with Crippen LogP contribution in [0.5, 0.6) is 0 Å². The summed E-state index contributed by atoms with van der Waals surface area (Å²) >= 11 is 0. The molecule has 4 heteroatoms. The third-order valence-electron chi connectivity index (χ3n) is 5.56. The second kappa shape index (κ2) is 11.3. The maximum absolute atomic E-state index is 9.80. The van der Waals surface area contributed by atoms with E-state index in [4.69, 9.17) is 0 Å². The monoisotopic (exact) mass is 398 g/mol. The molecule has 0 amide bonds. The molecule has 3 rings (SSSR count). The molecule has 0 aromatic heterocycles. The van der Waals surface area contributed by atoms with Crippen LogP contribution >= 0.6 is 0 Å². The minimum Gasteiger partial charge on any atom is -0.317 e. The fraction of sp³-hybridized carbons (Fsp3) is 0.385. The molecule has 4 nitrogen and oxygen atoms in total. The molecule has 154 valence electrons. The predicted octanol–water partition coefficient (Wildman–Crippen LogP) is 5.39. The molecule has 0 aliphatic carbocycles. The van der Waals surface area contributed by atoms with Crippen molar-refractivity contribution >= 4 is 21.5 Å². The van der Waals surface area contributed by atoms with Crippen molar-refractivity contribution in [3.05, 3.63) is 59.2 Å². The summed E-state index contributed by atoms with van der Waals surface area (Å²) in [7, 11) is 0. The van der Waals surface area contributed by atoms with Crippen molar-refractivity contribution < 1.29 is 0 Å². The predicted molar refractivity (Wildman–Crippen MR) is 124 cm³/mol. The molecular weight excluding hydrogens is 368 g/mol. The van der Waals surface area contributed by atoms with E-state index >= 15 is 0 Å². The Labute approximate surface area is 179 Å². The number of hydrogen-bond donors (Lipinski definition) is 2. The van der Waals surface area contributed by atoms with E-state index in [1.54, 1.807) is 0 Å². The summed E-state index contributed by atoms with van der Waals surface area (Å²) in [5.41, 5.74) is 2.43. The van der Waals surface area contributed by atoms with Crippen LogP contribution in [-0.4, -0.2) is 19.6 Å². The van der Waals surface area contributed by atoms with Gasteiger partial charge >= 0.3 is 0 Å². The lowest BCUT2D eigenvalue weighted by molar-refractivity contribution is 0.563. The Bertz CT molecular complexity index is 1070. The zero-order chi connectivity index (χ0) is 21.2. The largest absolute Gasteiger partial charge is 0.317 e. The van der Waals surface area contributed by atoms with Crippen LogP contribution in [0.3, 0.4) is 0 Å². The maximum atomic E-state index is 9.80. The molecule has 0 aliphatic heterocycles. The van der Waals surface area contributed by atoms with Gasteiger partial charge in [0.1, 0.15) is 12.1 Å². The second-order valence-corrected chi connectivity index (χ2v) is 7.74. The highest BCUT2D eigenvalue weighted by Gasteiger charge is 2.13. The molecule has 0 saturated carbocycles. The molecular formula is C26H30N4. The zero-order valence-corrected chi connectivity index (χ0v) is 17.8. The van der Waals surface area contributed by atoms with Gasteiger partial charge in [0.15, 0.2) is 0 Å². The van der Waals surface area contributed by atoms with Gasteiger partial charge in [0.05, 0.1) is 11.1 Å². The van der Waals surface area contributed by atoms with Gasteiger partial charge in [-0.3, -0.25) is 0 Å². The zero-order valence-electron chi connectivity index (χ0n) is 17.8. The number of nitrogens with one attached hydrogen (secondary N) is 2. The molecule has 30 heavy (non-hydrogen) atoms. The Hall–Kier alpha value is -2.92. The van der Waals surface area contributed by atoms with Gasteiger partial charge in [-0.05, 0) is 50.5 Å². The van der Waals surface area contributed by atoms with Crippen LogP contribution < -0.4 is 10.6 Å². The highest BCUT2D eigenvalue weighted by molar-refractivity contribution is 6.09. The number of hydrogen-bond acceptors (Lipinski definition) is 4. The lowest BCUT2D eigenvalue weighted by Gasteiger charge is -2.11. The van der Waals surface area contributed by atoms with Crippen molar-refractivity contribution in [2.24, 2.45) is 0 Å². The molecule has 0 unspecified atom stereocenters. The van der Waals surface area contributed by atoms with E-state index in [1.165, 1.54) is 25.7 Å². The smallest absolute Gasteiger partial charge is 0.100 e. The SMILES string of the molecule is CCCCNCCCCCNCc1ccc2c(C#N)c3ccccc3c(C#N)c2c1. The van der Waals surface area contributed by atoms with Gasteiger partial charge in [-0.25, -0.2) is 0 Å². The van der Waals surface area contributed by atoms with Crippen molar-refractivity contribution in [2.75, 3.05) is 19.6 Å². The van der Waals surface area contributed by atoms with Gasteiger partial charge in [0.25, 0.3) is 0 Å². The Morgan fingerprint density at radius 2 is 1.30 bits per heavy atom. The summed E-state index contributed by atoms with van der Waals surface area (Å²) in [4.78, 5) is 0. The standard InChI is InChI=1S/C26H30N4/c1-2-3-13-29-14-7-4-8-15-30-19-20-11-12-23-24(16-20)26(18-28)22-10-6-5-9-21(22)25(23)17-27/h5-6,9-12,16,29-30H,2-4,7-8,13-15,19H2,1H3. The number of rotatable bonds is 11. The molecule has 0 bridgehead atoms. The van der Waals surface area contributed by atoms with E-state index in [0.717, 1.165) is 59.7 Å². The van der Waals surface area contributed by atoms with Crippen LogP contribution in [0.15, 0.2) is 42.5 Å². The van der Waals surface area contributed by atoms with E-state index < -0.39 is 0 Å². The minimum absolute atomic E-state index is 0.645.